The Bertz CT molecular complexity index is 126. The van der Waals surface area contributed by atoms with Gasteiger partial charge in [0.25, 0.3) is 0 Å². The van der Waals surface area contributed by atoms with Crippen LogP contribution in [0.3, 0.4) is 0 Å². The van der Waals surface area contributed by atoms with Gasteiger partial charge in [-0.05, 0) is 6.42 Å². The fourth-order valence-electron chi connectivity index (χ4n) is 0.800. The van der Waals surface area contributed by atoms with Crippen molar-refractivity contribution in [1.29, 1.82) is 0 Å². The van der Waals surface area contributed by atoms with E-state index in [1.165, 1.54) is 0 Å². The van der Waals surface area contributed by atoms with E-state index in [-0.39, 0.29) is 12.0 Å². The SMILES string of the molecule is CCC(OC)C(Cl)C(=O)NC. The molecule has 0 aliphatic carbocycles. The summed E-state index contributed by atoms with van der Waals surface area (Å²) in [5.74, 6) is -0.194. The number of carbonyl (C=O) groups excluding carboxylic acids is 1. The Hall–Kier alpha value is -0.280. The lowest BCUT2D eigenvalue weighted by molar-refractivity contribution is -0.122. The van der Waals surface area contributed by atoms with Crippen LogP contribution in [0.5, 0.6) is 0 Å². The van der Waals surface area contributed by atoms with E-state index in [9.17, 15) is 4.79 Å². The lowest BCUT2D eigenvalue weighted by Crippen LogP contribution is -2.37. The van der Waals surface area contributed by atoms with Crippen molar-refractivity contribution in [1.82, 2.24) is 5.32 Å². The predicted octanol–water partition coefficient (Wildman–Crippen LogP) is 0.765. The van der Waals surface area contributed by atoms with Crippen LogP contribution in [0.25, 0.3) is 0 Å². The Labute approximate surface area is 72.1 Å². The predicted molar refractivity (Wildman–Crippen MR) is 44.8 cm³/mol. The highest BCUT2D eigenvalue weighted by molar-refractivity contribution is 6.31. The average molecular weight is 180 g/mol. The minimum absolute atomic E-state index is 0.194. The highest BCUT2D eigenvalue weighted by Gasteiger charge is 2.23. The standard InChI is InChI=1S/C7H14ClNO2/c1-4-5(11-3)6(8)7(10)9-2/h5-6H,4H2,1-3H3,(H,9,10). The van der Waals surface area contributed by atoms with Gasteiger partial charge < -0.3 is 10.1 Å². The molecule has 0 radical (unpaired) electrons. The number of rotatable bonds is 4. The van der Waals surface area contributed by atoms with E-state index in [2.05, 4.69) is 5.32 Å². The molecule has 0 saturated heterocycles. The number of ether oxygens (including phenoxy) is 1. The Kier molecular flexibility index (Phi) is 5.24. The first kappa shape index (κ1) is 10.7. The molecule has 0 saturated carbocycles. The molecule has 0 bridgehead atoms. The van der Waals surface area contributed by atoms with Crippen LogP contribution in [0.4, 0.5) is 0 Å². The number of hydrogen-bond acceptors (Lipinski definition) is 2. The van der Waals surface area contributed by atoms with Gasteiger partial charge in [0.05, 0.1) is 6.10 Å². The Morgan fingerprint density at radius 3 is 2.55 bits per heavy atom. The number of alkyl halides is 1. The topological polar surface area (TPSA) is 38.3 Å². The maximum Gasteiger partial charge on any atom is 0.240 e. The third kappa shape index (κ3) is 3.08. The van der Waals surface area contributed by atoms with Gasteiger partial charge in [-0.1, -0.05) is 6.92 Å². The Morgan fingerprint density at radius 1 is 1.73 bits per heavy atom. The molecule has 4 heteroatoms. The molecule has 2 unspecified atom stereocenters. The second-order valence-electron chi connectivity index (χ2n) is 2.20. The van der Waals surface area contributed by atoms with Crippen LogP contribution in [0, 0.1) is 0 Å². The van der Waals surface area contributed by atoms with Crippen LogP contribution < -0.4 is 5.32 Å². The average Bonchev–Trinajstić information content (AvgIpc) is 2.05. The summed E-state index contributed by atoms with van der Waals surface area (Å²) < 4.78 is 4.99. The zero-order valence-corrected chi connectivity index (χ0v) is 7.81. The highest BCUT2D eigenvalue weighted by atomic mass is 35.5. The molecule has 0 aliphatic heterocycles. The van der Waals surface area contributed by atoms with Crippen LogP contribution in [-0.4, -0.2) is 31.5 Å². The van der Waals surface area contributed by atoms with Gasteiger partial charge in [-0.3, -0.25) is 4.79 Å². The normalized spacial score (nSPS) is 15.6. The van der Waals surface area contributed by atoms with Crippen LogP contribution >= 0.6 is 11.6 Å². The maximum absolute atomic E-state index is 10.9. The molecular weight excluding hydrogens is 166 g/mol. The van der Waals surface area contributed by atoms with Crippen molar-refractivity contribution in [2.75, 3.05) is 14.2 Å². The largest absolute Gasteiger partial charge is 0.379 e. The summed E-state index contributed by atoms with van der Waals surface area (Å²) in [6.07, 6.45) is 0.537. The van der Waals surface area contributed by atoms with Gasteiger partial charge in [0, 0.05) is 14.2 Å². The van der Waals surface area contributed by atoms with Crippen molar-refractivity contribution >= 4 is 17.5 Å². The van der Waals surface area contributed by atoms with Crippen LogP contribution in [0.1, 0.15) is 13.3 Å². The van der Waals surface area contributed by atoms with E-state index >= 15 is 0 Å². The molecular formula is C7H14ClNO2. The fraction of sp³-hybridized carbons (Fsp3) is 0.857. The monoisotopic (exact) mass is 179 g/mol. The number of halogens is 1. The summed E-state index contributed by atoms with van der Waals surface area (Å²) in [7, 11) is 3.10. The summed E-state index contributed by atoms with van der Waals surface area (Å²) in [6, 6.07) is 0. The van der Waals surface area contributed by atoms with Crippen molar-refractivity contribution < 1.29 is 9.53 Å². The summed E-state index contributed by atoms with van der Waals surface area (Å²) in [4.78, 5) is 10.9. The fourth-order valence-corrected chi connectivity index (χ4v) is 1.19. The lowest BCUT2D eigenvalue weighted by Gasteiger charge is -2.17. The number of hydrogen-bond donors (Lipinski definition) is 1. The van der Waals surface area contributed by atoms with Crippen molar-refractivity contribution in [2.45, 2.75) is 24.8 Å². The van der Waals surface area contributed by atoms with E-state index in [0.29, 0.717) is 0 Å². The minimum atomic E-state index is -0.588. The highest BCUT2D eigenvalue weighted by Crippen LogP contribution is 2.09. The van der Waals surface area contributed by atoms with Crippen molar-refractivity contribution in [2.24, 2.45) is 0 Å². The Morgan fingerprint density at radius 2 is 2.27 bits per heavy atom. The first-order valence-electron chi connectivity index (χ1n) is 3.55. The summed E-state index contributed by atoms with van der Waals surface area (Å²) in [5, 5.41) is 1.87. The van der Waals surface area contributed by atoms with Crippen molar-refractivity contribution in [3.8, 4) is 0 Å². The zero-order chi connectivity index (χ0) is 8.85. The van der Waals surface area contributed by atoms with Crippen molar-refractivity contribution in [3.05, 3.63) is 0 Å². The number of methoxy groups -OCH3 is 1. The van der Waals surface area contributed by atoms with Gasteiger partial charge in [-0.15, -0.1) is 11.6 Å². The van der Waals surface area contributed by atoms with Gasteiger partial charge >= 0.3 is 0 Å². The second kappa shape index (κ2) is 5.38. The molecule has 1 amide bonds. The molecule has 0 heterocycles. The summed E-state index contributed by atoms with van der Waals surface area (Å²) >= 11 is 5.76. The van der Waals surface area contributed by atoms with Gasteiger partial charge in [0.2, 0.25) is 5.91 Å². The molecule has 1 N–H and O–H groups in total. The first-order valence-corrected chi connectivity index (χ1v) is 3.99. The van der Waals surface area contributed by atoms with E-state index in [1.54, 1.807) is 14.2 Å². The third-order valence-corrected chi connectivity index (χ3v) is 2.01. The summed E-state index contributed by atoms with van der Waals surface area (Å²) in [5.41, 5.74) is 0. The maximum atomic E-state index is 10.9. The number of nitrogens with one attached hydrogen (secondary N) is 1. The molecule has 0 aromatic rings. The zero-order valence-electron chi connectivity index (χ0n) is 7.06. The summed E-state index contributed by atoms with van der Waals surface area (Å²) in [6.45, 7) is 1.92. The second-order valence-corrected chi connectivity index (χ2v) is 2.67. The number of amides is 1. The molecule has 0 aliphatic rings. The van der Waals surface area contributed by atoms with Crippen LogP contribution in [-0.2, 0) is 9.53 Å². The molecule has 3 nitrogen and oxygen atoms in total. The molecule has 66 valence electrons. The van der Waals surface area contributed by atoms with E-state index in [4.69, 9.17) is 16.3 Å². The van der Waals surface area contributed by atoms with Crippen LogP contribution in [0.15, 0.2) is 0 Å². The third-order valence-electron chi connectivity index (χ3n) is 1.53. The molecule has 0 aromatic carbocycles. The lowest BCUT2D eigenvalue weighted by atomic mass is 10.2. The van der Waals surface area contributed by atoms with E-state index < -0.39 is 5.38 Å². The van der Waals surface area contributed by atoms with E-state index in [1.807, 2.05) is 6.92 Å². The van der Waals surface area contributed by atoms with E-state index in [0.717, 1.165) is 6.42 Å². The molecule has 0 aromatic heterocycles. The molecule has 2 atom stereocenters. The molecule has 0 fully saturated rings. The van der Waals surface area contributed by atoms with Gasteiger partial charge in [0.1, 0.15) is 5.38 Å². The van der Waals surface area contributed by atoms with Gasteiger partial charge in [-0.2, -0.15) is 0 Å². The van der Waals surface area contributed by atoms with Crippen LogP contribution in [0.2, 0.25) is 0 Å². The minimum Gasteiger partial charge on any atom is -0.379 e. The number of carbonyl (C=O) groups is 1. The molecule has 0 rings (SSSR count). The Balaban J connectivity index is 3.97. The quantitative estimate of drug-likeness (QED) is 0.648. The van der Waals surface area contributed by atoms with Gasteiger partial charge in [0.15, 0.2) is 0 Å². The smallest absolute Gasteiger partial charge is 0.240 e. The molecule has 11 heavy (non-hydrogen) atoms. The molecule has 0 spiro atoms. The van der Waals surface area contributed by atoms with Crippen molar-refractivity contribution in [3.63, 3.8) is 0 Å². The first-order chi connectivity index (χ1) is 5.17. The van der Waals surface area contributed by atoms with Gasteiger partial charge in [-0.25, -0.2) is 0 Å².